The molecular formula is C13H11N3S. The molecule has 0 aliphatic carbocycles. The van der Waals surface area contributed by atoms with Crippen molar-refractivity contribution in [2.75, 3.05) is 0 Å². The Kier molecular flexibility index (Phi) is 3.40. The fourth-order valence-electron chi connectivity index (χ4n) is 1.40. The van der Waals surface area contributed by atoms with E-state index in [0.717, 1.165) is 4.90 Å². The first-order valence-corrected chi connectivity index (χ1v) is 5.99. The molecule has 4 heteroatoms. The lowest BCUT2D eigenvalue weighted by molar-refractivity contribution is 0.919. The van der Waals surface area contributed by atoms with Gasteiger partial charge in [-0.2, -0.15) is 10.4 Å². The Balaban J connectivity index is 2.38. The molecule has 2 rings (SSSR count). The zero-order valence-corrected chi connectivity index (χ0v) is 10.5. The molecule has 1 aromatic heterocycles. The summed E-state index contributed by atoms with van der Waals surface area (Å²) in [6.45, 7) is 4.09. The minimum Gasteiger partial charge on any atom is -0.192 e. The summed E-state index contributed by atoms with van der Waals surface area (Å²) in [6, 6.07) is 10.0. The van der Waals surface area contributed by atoms with Gasteiger partial charge in [0.1, 0.15) is 11.1 Å². The van der Waals surface area contributed by atoms with Crippen molar-refractivity contribution in [3.63, 3.8) is 0 Å². The Morgan fingerprint density at radius 3 is 2.82 bits per heavy atom. The van der Waals surface area contributed by atoms with E-state index in [2.05, 4.69) is 34.5 Å². The lowest BCUT2D eigenvalue weighted by Gasteiger charge is -2.06. The van der Waals surface area contributed by atoms with Crippen LogP contribution in [0.25, 0.3) is 0 Å². The Hall–Kier alpha value is -1.86. The maximum atomic E-state index is 8.99. The van der Waals surface area contributed by atoms with E-state index in [1.54, 1.807) is 6.07 Å². The van der Waals surface area contributed by atoms with Gasteiger partial charge in [-0.1, -0.05) is 23.9 Å². The number of benzene rings is 1. The van der Waals surface area contributed by atoms with Crippen molar-refractivity contribution in [2.45, 2.75) is 23.8 Å². The van der Waals surface area contributed by atoms with Crippen molar-refractivity contribution in [3.8, 4) is 6.07 Å². The van der Waals surface area contributed by atoms with E-state index in [9.17, 15) is 0 Å². The second-order valence-corrected chi connectivity index (χ2v) is 4.76. The van der Waals surface area contributed by atoms with Crippen molar-refractivity contribution >= 4 is 11.8 Å². The summed E-state index contributed by atoms with van der Waals surface area (Å²) in [5.41, 5.74) is 2.93. The van der Waals surface area contributed by atoms with Gasteiger partial charge in [0, 0.05) is 4.90 Å². The molecule has 0 atom stereocenters. The normalized spacial score (nSPS) is 9.94. The highest BCUT2D eigenvalue weighted by molar-refractivity contribution is 7.99. The van der Waals surface area contributed by atoms with E-state index < -0.39 is 0 Å². The Morgan fingerprint density at radius 1 is 1.24 bits per heavy atom. The predicted octanol–water partition coefficient (Wildman–Crippen LogP) is 3.12. The molecule has 0 fully saturated rings. The summed E-state index contributed by atoms with van der Waals surface area (Å²) in [6.07, 6.45) is 1.53. The summed E-state index contributed by atoms with van der Waals surface area (Å²) in [4.78, 5) is 1.11. The number of hydrogen-bond donors (Lipinski definition) is 0. The molecule has 1 heterocycles. The van der Waals surface area contributed by atoms with Crippen molar-refractivity contribution in [1.29, 1.82) is 5.26 Å². The van der Waals surface area contributed by atoms with Crippen LogP contribution in [-0.2, 0) is 0 Å². The topological polar surface area (TPSA) is 49.6 Å². The zero-order chi connectivity index (χ0) is 12.3. The van der Waals surface area contributed by atoms with Crippen molar-refractivity contribution in [1.82, 2.24) is 10.2 Å². The smallest absolute Gasteiger partial charge is 0.141 e. The van der Waals surface area contributed by atoms with Crippen LogP contribution >= 0.6 is 11.8 Å². The third kappa shape index (κ3) is 2.63. The van der Waals surface area contributed by atoms with Crippen molar-refractivity contribution in [3.05, 3.63) is 47.2 Å². The average Bonchev–Trinajstić information content (AvgIpc) is 2.34. The minimum atomic E-state index is 0.561. The van der Waals surface area contributed by atoms with E-state index in [0.29, 0.717) is 10.6 Å². The number of hydrogen-bond acceptors (Lipinski definition) is 4. The number of rotatable bonds is 2. The van der Waals surface area contributed by atoms with Gasteiger partial charge >= 0.3 is 0 Å². The summed E-state index contributed by atoms with van der Waals surface area (Å²) in [7, 11) is 0. The monoisotopic (exact) mass is 241 g/mol. The van der Waals surface area contributed by atoms with Crippen LogP contribution in [0.3, 0.4) is 0 Å². The van der Waals surface area contributed by atoms with E-state index in [4.69, 9.17) is 5.26 Å². The Bertz CT molecular complexity index is 587. The highest BCUT2D eigenvalue weighted by atomic mass is 32.2. The van der Waals surface area contributed by atoms with E-state index in [1.165, 1.54) is 29.1 Å². The van der Waals surface area contributed by atoms with E-state index >= 15 is 0 Å². The summed E-state index contributed by atoms with van der Waals surface area (Å²) in [5, 5.41) is 17.5. The second-order valence-electron chi connectivity index (χ2n) is 3.73. The highest BCUT2D eigenvalue weighted by Gasteiger charge is 2.07. The standard InChI is InChI=1S/C13H11N3S/c1-9-3-4-10(2)12(7-9)17-13-11(8-14)5-6-15-16-13/h3-7H,1-2H3. The molecule has 84 valence electrons. The van der Waals surface area contributed by atoms with Gasteiger partial charge in [-0.05, 0) is 37.1 Å². The molecule has 0 N–H and O–H groups in total. The Morgan fingerprint density at radius 2 is 2.06 bits per heavy atom. The Labute approximate surface area is 105 Å². The fraction of sp³-hybridized carbons (Fsp3) is 0.154. The molecule has 0 saturated carbocycles. The molecule has 0 unspecified atom stereocenters. The van der Waals surface area contributed by atoms with Crippen LogP contribution in [0.2, 0.25) is 0 Å². The van der Waals surface area contributed by atoms with Crippen LogP contribution in [0.5, 0.6) is 0 Å². The van der Waals surface area contributed by atoms with Crippen LogP contribution < -0.4 is 0 Å². The molecule has 0 bridgehead atoms. The summed E-state index contributed by atoms with van der Waals surface area (Å²) < 4.78 is 0. The zero-order valence-electron chi connectivity index (χ0n) is 9.64. The number of aromatic nitrogens is 2. The molecule has 0 aliphatic heterocycles. The molecular weight excluding hydrogens is 230 g/mol. The quantitative estimate of drug-likeness (QED) is 0.810. The average molecular weight is 241 g/mol. The van der Waals surface area contributed by atoms with Crippen molar-refractivity contribution < 1.29 is 0 Å². The summed E-state index contributed by atoms with van der Waals surface area (Å²) >= 11 is 1.48. The maximum Gasteiger partial charge on any atom is 0.141 e. The first-order chi connectivity index (χ1) is 8.20. The molecule has 17 heavy (non-hydrogen) atoms. The minimum absolute atomic E-state index is 0.561. The van der Waals surface area contributed by atoms with Crippen LogP contribution in [0, 0.1) is 25.2 Å². The molecule has 0 radical (unpaired) electrons. The molecule has 2 aromatic rings. The highest BCUT2D eigenvalue weighted by Crippen LogP contribution is 2.30. The van der Waals surface area contributed by atoms with Gasteiger partial charge in [-0.15, -0.1) is 5.10 Å². The predicted molar refractivity (Wildman–Crippen MR) is 66.8 cm³/mol. The van der Waals surface area contributed by atoms with Crippen LogP contribution in [-0.4, -0.2) is 10.2 Å². The second kappa shape index (κ2) is 4.98. The third-order valence-corrected chi connectivity index (χ3v) is 3.51. The van der Waals surface area contributed by atoms with Crippen molar-refractivity contribution in [2.24, 2.45) is 0 Å². The van der Waals surface area contributed by atoms with Crippen LogP contribution in [0.1, 0.15) is 16.7 Å². The van der Waals surface area contributed by atoms with Gasteiger partial charge in [0.25, 0.3) is 0 Å². The van der Waals surface area contributed by atoms with Crippen LogP contribution in [0.4, 0.5) is 0 Å². The molecule has 0 amide bonds. The lowest BCUT2D eigenvalue weighted by atomic mass is 10.2. The first-order valence-electron chi connectivity index (χ1n) is 5.17. The molecule has 0 aliphatic rings. The lowest BCUT2D eigenvalue weighted by Crippen LogP contribution is -1.90. The molecule has 1 aromatic carbocycles. The van der Waals surface area contributed by atoms with Crippen LogP contribution in [0.15, 0.2) is 40.4 Å². The molecule has 3 nitrogen and oxygen atoms in total. The molecule has 0 spiro atoms. The third-order valence-electron chi connectivity index (χ3n) is 2.36. The first kappa shape index (κ1) is 11.6. The van der Waals surface area contributed by atoms with E-state index in [-0.39, 0.29) is 0 Å². The van der Waals surface area contributed by atoms with Gasteiger partial charge in [-0.25, -0.2) is 0 Å². The summed E-state index contributed by atoms with van der Waals surface area (Å²) in [5.74, 6) is 0. The number of nitriles is 1. The van der Waals surface area contributed by atoms with Gasteiger partial charge in [-0.3, -0.25) is 0 Å². The number of nitrogens with zero attached hydrogens (tertiary/aromatic N) is 3. The largest absolute Gasteiger partial charge is 0.192 e. The van der Waals surface area contributed by atoms with Gasteiger partial charge < -0.3 is 0 Å². The number of aryl methyl sites for hydroxylation is 2. The SMILES string of the molecule is Cc1ccc(C)c(Sc2nnccc2C#N)c1. The molecule has 0 saturated heterocycles. The van der Waals surface area contributed by atoms with Gasteiger partial charge in [0.05, 0.1) is 11.8 Å². The van der Waals surface area contributed by atoms with Gasteiger partial charge in [0.2, 0.25) is 0 Å². The fourth-order valence-corrected chi connectivity index (χ4v) is 2.39. The van der Waals surface area contributed by atoms with Gasteiger partial charge in [0.15, 0.2) is 0 Å². The maximum absolute atomic E-state index is 8.99. The van der Waals surface area contributed by atoms with E-state index in [1.807, 2.05) is 13.8 Å².